The molecule has 7 heteroatoms. The van der Waals surface area contributed by atoms with Crippen LogP contribution < -0.4 is 5.73 Å². The highest BCUT2D eigenvalue weighted by Gasteiger charge is 2.05. The number of esters is 1. The van der Waals surface area contributed by atoms with Crippen molar-refractivity contribution in [2.75, 3.05) is 6.54 Å². The second kappa shape index (κ2) is 12.2. The zero-order valence-electron chi connectivity index (χ0n) is 15.5. The second-order valence-electron chi connectivity index (χ2n) is 6.03. The Morgan fingerprint density at radius 3 is 2.15 bits per heavy atom. The van der Waals surface area contributed by atoms with E-state index >= 15 is 0 Å². The molecule has 0 aliphatic rings. The Morgan fingerprint density at radius 1 is 1.00 bits per heavy atom. The topological polar surface area (TPSA) is 107 Å². The van der Waals surface area contributed by atoms with Gasteiger partial charge in [-0.3, -0.25) is 9.35 Å². The summed E-state index contributed by atoms with van der Waals surface area (Å²) in [6.45, 7) is 3.10. The number of benzene rings is 2. The van der Waals surface area contributed by atoms with Crippen molar-refractivity contribution < 1.29 is 22.5 Å². The second-order valence-corrected chi connectivity index (χ2v) is 7.46. The molecule has 0 unspecified atom stereocenters. The first kappa shape index (κ1) is 22.8. The average molecular weight is 394 g/mol. The highest BCUT2D eigenvalue weighted by Crippen LogP contribution is 2.07. The van der Waals surface area contributed by atoms with Gasteiger partial charge in [-0.15, -0.1) is 0 Å². The molecule has 2 rings (SSSR count). The van der Waals surface area contributed by atoms with Crippen LogP contribution in [0.5, 0.6) is 0 Å². The highest BCUT2D eigenvalue weighted by molar-refractivity contribution is 7.85. The molecule has 0 saturated heterocycles. The first-order valence-electron chi connectivity index (χ1n) is 8.76. The summed E-state index contributed by atoms with van der Waals surface area (Å²) in [4.78, 5) is 11.3. The van der Waals surface area contributed by atoms with E-state index in [9.17, 15) is 13.2 Å². The first-order valence-corrected chi connectivity index (χ1v) is 10.2. The maximum Gasteiger partial charge on any atom is 0.306 e. The smallest absolute Gasteiger partial charge is 0.306 e. The number of nitrogens with two attached hydrogens (primary N) is 1. The van der Waals surface area contributed by atoms with Crippen molar-refractivity contribution >= 4 is 16.1 Å². The molecule has 2 aromatic carbocycles. The summed E-state index contributed by atoms with van der Waals surface area (Å²) in [7, 11) is -4.00. The SMILES string of the molecule is Cc1ccc(COC(=O)CCCCCN)cc1.O=S(=O)(O)c1ccccc1. The molecule has 0 aromatic heterocycles. The maximum absolute atomic E-state index is 11.4. The molecule has 0 amide bonds. The Labute approximate surface area is 161 Å². The molecule has 0 heterocycles. The third-order valence-corrected chi connectivity index (χ3v) is 4.51. The lowest BCUT2D eigenvalue weighted by Crippen LogP contribution is -2.05. The molecule has 148 valence electrons. The molecule has 6 nitrogen and oxygen atoms in total. The quantitative estimate of drug-likeness (QED) is 0.404. The molecule has 0 aliphatic carbocycles. The molecule has 0 radical (unpaired) electrons. The molecule has 0 fully saturated rings. The van der Waals surface area contributed by atoms with Gasteiger partial charge in [0.25, 0.3) is 10.1 Å². The fraction of sp³-hybridized carbons (Fsp3) is 0.350. The summed E-state index contributed by atoms with van der Waals surface area (Å²) < 4.78 is 34.4. The minimum atomic E-state index is -4.00. The van der Waals surface area contributed by atoms with Gasteiger partial charge in [-0.05, 0) is 44.0 Å². The van der Waals surface area contributed by atoms with E-state index in [1.165, 1.54) is 17.7 Å². The summed E-state index contributed by atoms with van der Waals surface area (Å²) in [5.74, 6) is -0.123. The normalized spacial score (nSPS) is 10.6. The van der Waals surface area contributed by atoms with Crippen molar-refractivity contribution in [1.29, 1.82) is 0 Å². The van der Waals surface area contributed by atoms with Crippen LogP contribution >= 0.6 is 0 Å². The van der Waals surface area contributed by atoms with Crippen LogP contribution in [0.4, 0.5) is 0 Å². The Morgan fingerprint density at radius 2 is 1.63 bits per heavy atom. The van der Waals surface area contributed by atoms with Crippen LogP contribution in [0.25, 0.3) is 0 Å². The monoisotopic (exact) mass is 393 g/mol. The van der Waals surface area contributed by atoms with Crippen molar-refractivity contribution in [3.63, 3.8) is 0 Å². The van der Waals surface area contributed by atoms with E-state index in [0.29, 0.717) is 19.6 Å². The summed E-state index contributed by atoms with van der Waals surface area (Å²) in [6.07, 6.45) is 3.33. The van der Waals surface area contributed by atoms with Gasteiger partial charge in [-0.1, -0.05) is 54.4 Å². The van der Waals surface area contributed by atoms with Crippen molar-refractivity contribution in [2.45, 2.75) is 44.1 Å². The Bertz CT molecular complexity index is 774. The fourth-order valence-electron chi connectivity index (χ4n) is 2.10. The Kier molecular flexibility index (Phi) is 10.3. The number of rotatable bonds is 8. The van der Waals surface area contributed by atoms with Crippen molar-refractivity contribution in [3.05, 3.63) is 65.7 Å². The van der Waals surface area contributed by atoms with Gasteiger partial charge in [0.2, 0.25) is 0 Å². The molecular weight excluding hydrogens is 366 g/mol. The highest BCUT2D eigenvalue weighted by atomic mass is 32.2. The van der Waals surface area contributed by atoms with E-state index in [1.54, 1.807) is 18.2 Å². The van der Waals surface area contributed by atoms with Gasteiger partial charge in [0.05, 0.1) is 4.90 Å². The van der Waals surface area contributed by atoms with Crippen LogP contribution in [-0.4, -0.2) is 25.5 Å². The standard InChI is InChI=1S/C14H21NO2.C6H6O3S/c1-12-6-8-13(9-7-12)11-17-14(16)5-3-2-4-10-15;7-10(8,9)6-4-2-1-3-5-6/h6-9H,2-5,10-11,15H2,1H3;1-5H,(H,7,8,9). The zero-order chi connectivity index (χ0) is 20.1. The van der Waals surface area contributed by atoms with Crippen LogP contribution in [0.3, 0.4) is 0 Å². The first-order chi connectivity index (χ1) is 12.8. The molecule has 0 saturated carbocycles. The van der Waals surface area contributed by atoms with Crippen molar-refractivity contribution in [1.82, 2.24) is 0 Å². The van der Waals surface area contributed by atoms with Crippen molar-refractivity contribution in [2.24, 2.45) is 5.73 Å². The third kappa shape index (κ3) is 10.5. The molecule has 3 N–H and O–H groups in total. The van der Waals surface area contributed by atoms with Gasteiger partial charge in [-0.25, -0.2) is 0 Å². The van der Waals surface area contributed by atoms with Gasteiger partial charge in [0.15, 0.2) is 0 Å². The van der Waals surface area contributed by atoms with E-state index < -0.39 is 10.1 Å². The minimum absolute atomic E-state index is 0.0741. The molecule has 0 spiro atoms. The van der Waals surface area contributed by atoms with Gasteiger partial charge in [0, 0.05) is 6.42 Å². The van der Waals surface area contributed by atoms with Crippen molar-refractivity contribution in [3.8, 4) is 0 Å². The Hall–Kier alpha value is -2.22. The predicted octanol–water partition coefficient (Wildman–Crippen LogP) is 3.49. The maximum atomic E-state index is 11.4. The summed E-state index contributed by atoms with van der Waals surface area (Å²) in [5, 5.41) is 0. The molecular formula is C20H27NO5S. The summed E-state index contributed by atoms with van der Waals surface area (Å²) in [5.41, 5.74) is 7.62. The van der Waals surface area contributed by atoms with Crippen LogP contribution in [0.1, 0.15) is 36.8 Å². The molecule has 27 heavy (non-hydrogen) atoms. The fourth-order valence-corrected chi connectivity index (χ4v) is 2.60. The summed E-state index contributed by atoms with van der Waals surface area (Å²) in [6, 6.07) is 15.4. The van der Waals surface area contributed by atoms with E-state index in [0.717, 1.165) is 24.8 Å². The lowest BCUT2D eigenvalue weighted by molar-refractivity contribution is -0.145. The van der Waals surface area contributed by atoms with E-state index in [2.05, 4.69) is 0 Å². The van der Waals surface area contributed by atoms with E-state index in [4.69, 9.17) is 15.0 Å². The van der Waals surface area contributed by atoms with Crippen LogP contribution in [0.15, 0.2) is 59.5 Å². The number of hydrogen-bond donors (Lipinski definition) is 2. The third-order valence-electron chi connectivity index (χ3n) is 3.65. The van der Waals surface area contributed by atoms with Gasteiger partial charge < -0.3 is 10.5 Å². The van der Waals surface area contributed by atoms with Crippen LogP contribution in [-0.2, 0) is 26.3 Å². The number of aryl methyl sites for hydroxylation is 1. The number of carbonyl (C=O) groups excluding carboxylic acids is 1. The zero-order valence-corrected chi connectivity index (χ0v) is 16.3. The molecule has 0 aliphatic heterocycles. The van der Waals surface area contributed by atoms with E-state index in [1.807, 2.05) is 31.2 Å². The Balaban J connectivity index is 0.000000309. The summed E-state index contributed by atoms with van der Waals surface area (Å²) >= 11 is 0. The lowest BCUT2D eigenvalue weighted by atomic mass is 10.2. The van der Waals surface area contributed by atoms with Gasteiger partial charge >= 0.3 is 5.97 Å². The molecule has 2 aromatic rings. The largest absolute Gasteiger partial charge is 0.461 e. The minimum Gasteiger partial charge on any atom is -0.461 e. The van der Waals surface area contributed by atoms with Crippen LogP contribution in [0.2, 0.25) is 0 Å². The van der Waals surface area contributed by atoms with Gasteiger partial charge in [-0.2, -0.15) is 8.42 Å². The van der Waals surface area contributed by atoms with E-state index in [-0.39, 0.29) is 10.9 Å². The van der Waals surface area contributed by atoms with Gasteiger partial charge in [0.1, 0.15) is 6.61 Å². The van der Waals surface area contributed by atoms with Crippen LogP contribution in [0, 0.1) is 6.92 Å². The number of carbonyl (C=O) groups is 1. The number of hydrogen-bond acceptors (Lipinski definition) is 5. The lowest BCUT2D eigenvalue weighted by Gasteiger charge is -2.05. The molecule has 0 atom stereocenters. The predicted molar refractivity (Wildman–Crippen MR) is 105 cm³/mol. The number of unbranched alkanes of at least 4 members (excludes halogenated alkanes) is 2. The number of ether oxygens (including phenoxy) is 1. The molecule has 0 bridgehead atoms. The average Bonchev–Trinajstić information content (AvgIpc) is 2.65.